The van der Waals surface area contributed by atoms with Crippen LogP contribution in [0.5, 0.6) is 0 Å². The number of rotatable bonds is 13. The summed E-state index contributed by atoms with van der Waals surface area (Å²) in [4.78, 5) is 34.8. The molecule has 0 bridgehead atoms. The highest BCUT2D eigenvalue weighted by atomic mass is 32.2. The Balaban J connectivity index is 1.57. The van der Waals surface area contributed by atoms with Gasteiger partial charge in [-0.15, -0.1) is 0 Å². The van der Waals surface area contributed by atoms with Gasteiger partial charge in [-0.1, -0.05) is 68.0 Å². The molecule has 1 amide bonds. The molecule has 1 aliphatic rings. The second kappa shape index (κ2) is 15.5. The molecule has 0 saturated carbocycles. The number of benzene rings is 3. The molecule has 6 nitrogen and oxygen atoms in total. The molecular weight excluding hydrogens is 640 g/mol. The fraction of sp³-hybridized carbons (Fsp3) is 0.378. The number of hydrogen-bond acceptors (Lipinski definition) is 5. The predicted molar refractivity (Wildman–Crippen MR) is 181 cm³/mol. The molecule has 0 aliphatic heterocycles. The van der Waals surface area contributed by atoms with Crippen molar-refractivity contribution in [1.29, 1.82) is 0 Å². The van der Waals surface area contributed by atoms with Crippen LogP contribution in [0.25, 0.3) is 11.1 Å². The van der Waals surface area contributed by atoms with Crippen molar-refractivity contribution in [3.05, 3.63) is 116 Å². The first-order valence-electron chi connectivity index (χ1n) is 18.3. The Morgan fingerprint density at radius 1 is 1.02 bits per heavy atom. The number of fused-ring (bicyclic) bond motifs is 1. The summed E-state index contributed by atoms with van der Waals surface area (Å²) in [6, 6.07) is 8.24. The normalized spacial score (nSPS) is 14.6. The minimum atomic E-state index is -4.59. The highest BCUT2D eigenvalue weighted by Gasteiger charge is 2.30. The van der Waals surface area contributed by atoms with Gasteiger partial charge in [0.15, 0.2) is 5.16 Å². The molecule has 1 aromatic heterocycles. The van der Waals surface area contributed by atoms with Crippen LogP contribution in [0.2, 0.25) is 0 Å². The molecule has 0 radical (unpaired) electrons. The quantitative estimate of drug-likeness (QED) is 0.0828. The van der Waals surface area contributed by atoms with Gasteiger partial charge in [0.1, 0.15) is 12.4 Å². The average molecular weight is 686 g/mol. The molecule has 0 N–H and O–H groups in total. The molecule has 48 heavy (non-hydrogen) atoms. The first-order chi connectivity index (χ1) is 25.0. The molecule has 0 fully saturated rings. The first kappa shape index (κ1) is 29.0. The Hall–Kier alpha value is -3.96. The van der Waals surface area contributed by atoms with Crippen LogP contribution in [0, 0.1) is 12.7 Å². The van der Waals surface area contributed by atoms with Gasteiger partial charge >= 0.3 is 6.18 Å². The number of hydrogen-bond donors (Lipinski definition) is 0. The maximum absolute atomic E-state index is 14.5. The lowest BCUT2D eigenvalue weighted by molar-refractivity contribution is -0.137. The predicted octanol–water partition coefficient (Wildman–Crippen LogP) is 7.53. The van der Waals surface area contributed by atoms with Gasteiger partial charge in [-0.3, -0.25) is 9.59 Å². The third-order valence-electron chi connectivity index (χ3n) is 8.36. The van der Waals surface area contributed by atoms with E-state index in [0.29, 0.717) is 49.4 Å². The summed E-state index contributed by atoms with van der Waals surface area (Å²) in [7, 11) is 0. The van der Waals surface area contributed by atoms with E-state index in [4.69, 9.17) is 4.11 Å². The maximum Gasteiger partial charge on any atom is 0.416 e. The largest absolute Gasteiger partial charge is 0.416 e. The van der Waals surface area contributed by atoms with Gasteiger partial charge in [0, 0.05) is 36.6 Å². The van der Waals surface area contributed by atoms with Crippen molar-refractivity contribution in [3.63, 3.8) is 0 Å². The SMILES string of the molecule is [2H]c1c([2H])c(C([2H])([2H])N(CCN(CC)CC)C(=O)Cn2c(SCc3ccc(F)cc3)nc(=O)c3c2CCC3)c([2H])c(C)c1-c1ccc(C(F)(F)F)cc1. The third kappa shape index (κ3) is 8.54. The molecule has 5 rings (SSSR count). The van der Waals surface area contributed by atoms with Gasteiger partial charge in [0.05, 0.1) is 12.4 Å². The van der Waals surface area contributed by atoms with Crippen LogP contribution in [0.3, 0.4) is 0 Å². The van der Waals surface area contributed by atoms with E-state index in [1.807, 2.05) is 18.7 Å². The second-order valence-electron chi connectivity index (χ2n) is 11.5. The standard InChI is InChI=1S/C37H40F4N4O2S/c1-4-43(5-2)19-20-44(22-27-11-18-31(25(3)21-27)28-12-14-29(15-13-28)37(39,40)41)34(46)23-45-33-8-6-7-32(33)35(47)42-36(45)48-24-26-9-16-30(38)17-10-26/h9-18,21H,4-8,19-20,22-24H2,1-3H3/i11D,18D,21D,22D2. The van der Waals surface area contributed by atoms with Crippen LogP contribution >= 0.6 is 11.8 Å². The van der Waals surface area contributed by atoms with Crippen LogP contribution in [-0.4, -0.2) is 51.4 Å². The summed E-state index contributed by atoms with van der Waals surface area (Å²) in [5, 5.41) is 0.241. The molecule has 4 aromatic rings. The van der Waals surface area contributed by atoms with E-state index in [0.717, 1.165) is 34.7 Å². The van der Waals surface area contributed by atoms with Crippen molar-refractivity contribution in [3.8, 4) is 11.1 Å². The van der Waals surface area contributed by atoms with Crippen molar-refractivity contribution >= 4 is 17.7 Å². The van der Waals surface area contributed by atoms with Crippen molar-refractivity contribution in [1.82, 2.24) is 19.4 Å². The Bertz CT molecular complexity index is 2010. The maximum atomic E-state index is 14.5. The Kier molecular flexibility index (Phi) is 9.37. The zero-order chi connectivity index (χ0) is 38.8. The minimum absolute atomic E-state index is 0.0204. The second-order valence-corrected chi connectivity index (χ2v) is 12.4. The molecule has 3 aromatic carbocycles. The Morgan fingerprint density at radius 2 is 1.73 bits per heavy atom. The van der Waals surface area contributed by atoms with E-state index < -0.39 is 65.8 Å². The summed E-state index contributed by atoms with van der Waals surface area (Å²) >= 11 is 1.19. The monoisotopic (exact) mass is 685 g/mol. The summed E-state index contributed by atoms with van der Waals surface area (Å²) in [6.45, 7) is 3.41. The lowest BCUT2D eigenvalue weighted by Crippen LogP contribution is -2.40. The van der Waals surface area contributed by atoms with Crippen LogP contribution in [-0.2, 0) is 42.6 Å². The van der Waals surface area contributed by atoms with E-state index in [-0.39, 0.29) is 34.9 Å². The molecule has 254 valence electrons. The molecule has 1 heterocycles. The summed E-state index contributed by atoms with van der Waals surface area (Å²) in [5.41, 5.74) is 0.295. The highest BCUT2D eigenvalue weighted by molar-refractivity contribution is 7.98. The Labute approximate surface area is 289 Å². The molecule has 0 unspecified atom stereocenters. The minimum Gasteiger partial charge on any atom is -0.336 e. The highest BCUT2D eigenvalue weighted by Crippen LogP contribution is 2.32. The molecule has 1 aliphatic carbocycles. The fourth-order valence-corrected chi connectivity index (χ4v) is 6.60. The van der Waals surface area contributed by atoms with Crippen molar-refractivity contribution in [2.45, 2.75) is 70.2 Å². The van der Waals surface area contributed by atoms with E-state index in [9.17, 15) is 29.9 Å². The van der Waals surface area contributed by atoms with E-state index in [2.05, 4.69) is 4.98 Å². The number of aromatic nitrogens is 2. The zero-order valence-electron chi connectivity index (χ0n) is 32.0. The van der Waals surface area contributed by atoms with Gasteiger partial charge < -0.3 is 14.4 Å². The molecule has 0 saturated heterocycles. The summed E-state index contributed by atoms with van der Waals surface area (Å²) in [6.07, 6.45) is -2.95. The summed E-state index contributed by atoms with van der Waals surface area (Å²) in [5.74, 6) is -0.794. The molecule has 0 spiro atoms. The van der Waals surface area contributed by atoms with Crippen LogP contribution in [0.15, 0.2) is 76.6 Å². The van der Waals surface area contributed by atoms with Gasteiger partial charge in [0.2, 0.25) is 5.91 Å². The average Bonchev–Trinajstić information content (AvgIpc) is 3.61. The van der Waals surface area contributed by atoms with E-state index in [1.54, 1.807) is 16.7 Å². The number of thioether (sulfide) groups is 1. The van der Waals surface area contributed by atoms with Gasteiger partial charge in [-0.2, -0.15) is 18.2 Å². The van der Waals surface area contributed by atoms with Crippen molar-refractivity contribution in [2.24, 2.45) is 0 Å². The van der Waals surface area contributed by atoms with Gasteiger partial charge in [-0.25, -0.2) is 4.39 Å². The number of halogens is 4. The van der Waals surface area contributed by atoms with Crippen LogP contribution < -0.4 is 5.56 Å². The topological polar surface area (TPSA) is 58.4 Å². The van der Waals surface area contributed by atoms with Crippen molar-refractivity contribution in [2.75, 3.05) is 26.2 Å². The van der Waals surface area contributed by atoms with E-state index >= 15 is 0 Å². The fourth-order valence-electron chi connectivity index (χ4n) is 5.64. The lowest BCUT2D eigenvalue weighted by atomic mass is 9.97. The number of carbonyl (C=O) groups excluding carboxylic acids is 1. The Morgan fingerprint density at radius 3 is 2.40 bits per heavy atom. The van der Waals surface area contributed by atoms with Gasteiger partial charge in [0.25, 0.3) is 5.56 Å². The number of alkyl halides is 3. The van der Waals surface area contributed by atoms with E-state index in [1.165, 1.54) is 30.8 Å². The third-order valence-corrected chi connectivity index (χ3v) is 9.41. The van der Waals surface area contributed by atoms with Crippen LogP contribution in [0.4, 0.5) is 17.6 Å². The number of carbonyl (C=O) groups is 1. The van der Waals surface area contributed by atoms with Crippen LogP contribution in [0.1, 0.15) is 60.6 Å². The lowest BCUT2D eigenvalue weighted by Gasteiger charge is -2.28. The summed E-state index contributed by atoms with van der Waals surface area (Å²) < 4.78 is 100. The smallest absolute Gasteiger partial charge is 0.336 e. The molecule has 0 atom stereocenters. The molecule has 11 heteroatoms. The number of amides is 1. The molecular formula is C37H40F4N4O2S. The number of likely N-dealkylation sites (N-methyl/N-ethyl adjacent to an activating group) is 1. The van der Waals surface area contributed by atoms with Crippen molar-refractivity contribution < 1.29 is 29.2 Å². The zero-order valence-corrected chi connectivity index (χ0v) is 27.8. The number of nitrogens with zero attached hydrogens (tertiary/aromatic N) is 4. The first-order valence-corrected chi connectivity index (χ1v) is 16.8. The van der Waals surface area contributed by atoms with Gasteiger partial charge in [-0.05, 0) is 91.4 Å².